The van der Waals surface area contributed by atoms with E-state index in [1.54, 1.807) is 24.5 Å². The van der Waals surface area contributed by atoms with Gasteiger partial charge in [0.2, 0.25) is 0 Å². The predicted molar refractivity (Wildman–Crippen MR) is 77.1 cm³/mol. The lowest BCUT2D eigenvalue weighted by Gasteiger charge is -2.09. The number of nitro benzene ring substituents is 1. The number of halogens is 1. The van der Waals surface area contributed by atoms with E-state index in [1.807, 2.05) is 13.0 Å². The van der Waals surface area contributed by atoms with Gasteiger partial charge in [0.25, 0.3) is 5.69 Å². The molecule has 0 spiro atoms. The van der Waals surface area contributed by atoms with Crippen molar-refractivity contribution in [3.8, 4) is 0 Å². The van der Waals surface area contributed by atoms with Gasteiger partial charge in [-0.3, -0.25) is 15.1 Å². The number of anilines is 1. The van der Waals surface area contributed by atoms with Gasteiger partial charge in [0.15, 0.2) is 0 Å². The SMILES string of the molecule is Cc1cc([N+](=O)[O-])ccc1NCc1cncc(Br)c1. The van der Waals surface area contributed by atoms with E-state index in [9.17, 15) is 10.1 Å². The number of aryl methyl sites for hydroxylation is 1. The number of benzene rings is 1. The second-order valence-corrected chi connectivity index (χ2v) is 5.04. The Labute approximate surface area is 119 Å². The third-order valence-corrected chi connectivity index (χ3v) is 3.10. The van der Waals surface area contributed by atoms with Crippen molar-refractivity contribution in [2.24, 2.45) is 0 Å². The van der Waals surface area contributed by atoms with E-state index < -0.39 is 4.92 Å². The van der Waals surface area contributed by atoms with Crippen LogP contribution in [0, 0.1) is 17.0 Å². The summed E-state index contributed by atoms with van der Waals surface area (Å²) < 4.78 is 0.923. The van der Waals surface area contributed by atoms with Crippen LogP contribution >= 0.6 is 15.9 Å². The number of nitrogens with one attached hydrogen (secondary N) is 1. The molecule has 98 valence electrons. The van der Waals surface area contributed by atoms with Gasteiger partial charge in [0.1, 0.15) is 0 Å². The van der Waals surface area contributed by atoms with Crippen LogP contribution in [0.25, 0.3) is 0 Å². The normalized spacial score (nSPS) is 10.2. The summed E-state index contributed by atoms with van der Waals surface area (Å²) in [7, 11) is 0. The number of non-ortho nitro benzene ring substituents is 1. The first-order valence-electron chi connectivity index (χ1n) is 5.64. The summed E-state index contributed by atoms with van der Waals surface area (Å²) in [6.45, 7) is 2.46. The lowest BCUT2D eigenvalue weighted by atomic mass is 10.1. The number of nitrogens with zero attached hydrogens (tertiary/aromatic N) is 2. The molecular weight excluding hydrogens is 310 g/mol. The molecule has 0 aliphatic heterocycles. The van der Waals surface area contributed by atoms with E-state index >= 15 is 0 Å². The molecule has 1 heterocycles. The molecule has 6 heteroatoms. The Bertz CT molecular complexity index is 617. The van der Waals surface area contributed by atoms with Gasteiger partial charge in [-0.15, -0.1) is 0 Å². The van der Waals surface area contributed by atoms with E-state index in [0.29, 0.717) is 6.54 Å². The van der Waals surface area contributed by atoms with Gasteiger partial charge in [0, 0.05) is 41.2 Å². The molecule has 0 aliphatic rings. The average Bonchev–Trinajstić information content (AvgIpc) is 2.37. The first-order valence-corrected chi connectivity index (χ1v) is 6.44. The number of hydrogen-bond acceptors (Lipinski definition) is 4. The minimum atomic E-state index is -0.394. The highest BCUT2D eigenvalue weighted by Crippen LogP contribution is 2.22. The van der Waals surface area contributed by atoms with Crippen molar-refractivity contribution < 1.29 is 4.92 Å². The summed E-state index contributed by atoms with van der Waals surface area (Å²) in [5.41, 5.74) is 2.86. The summed E-state index contributed by atoms with van der Waals surface area (Å²) >= 11 is 3.36. The van der Waals surface area contributed by atoms with Gasteiger partial charge in [0.05, 0.1) is 4.92 Å². The zero-order valence-electron chi connectivity index (χ0n) is 10.3. The van der Waals surface area contributed by atoms with Crippen molar-refractivity contribution in [1.29, 1.82) is 0 Å². The third kappa shape index (κ3) is 3.51. The predicted octanol–water partition coefficient (Wildman–Crippen LogP) is 3.67. The van der Waals surface area contributed by atoms with Crippen LogP contribution in [-0.2, 0) is 6.54 Å². The van der Waals surface area contributed by atoms with E-state index in [4.69, 9.17) is 0 Å². The summed E-state index contributed by atoms with van der Waals surface area (Å²) in [4.78, 5) is 14.3. The molecule has 1 aromatic carbocycles. The van der Waals surface area contributed by atoms with Crippen LogP contribution in [0.4, 0.5) is 11.4 Å². The van der Waals surface area contributed by atoms with E-state index in [-0.39, 0.29) is 5.69 Å². The summed E-state index contributed by atoms with van der Waals surface area (Å²) in [5, 5.41) is 13.9. The molecule has 0 bridgehead atoms. The summed E-state index contributed by atoms with van der Waals surface area (Å²) in [6.07, 6.45) is 3.50. The number of aromatic nitrogens is 1. The maximum atomic E-state index is 10.7. The van der Waals surface area contributed by atoms with Crippen molar-refractivity contribution in [2.75, 3.05) is 5.32 Å². The monoisotopic (exact) mass is 321 g/mol. The van der Waals surface area contributed by atoms with Crippen LogP contribution in [0.15, 0.2) is 41.1 Å². The molecule has 5 nitrogen and oxygen atoms in total. The molecule has 0 saturated heterocycles. The number of hydrogen-bond donors (Lipinski definition) is 1. The van der Waals surface area contributed by atoms with E-state index in [2.05, 4.69) is 26.2 Å². The number of pyridine rings is 1. The van der Waals surface area contributed by atoms with E-state index in [1.165, 1.54) is 6.07 Å². The molecule has 1 N–H and O–H groups in total. The van der Waals surface area contributed by atoms with Crippen molar-refractivity contribution in [3.05, 3.63) is 62.4 Å². The lowest BCUT2D eigenvalue weighted by molar-refractivity contribution is -0.384. The van der Waals surface area contributed by atoms with Crippen molar-refractivity contribution >= 4 is 27.3 Å². The molecule has 2 aromatic rings. The second kappa shape index (κ2) is 5.79. The van der Waals surface area contributed by atoms with Crippen LogP contribution in [0.2, 0.25) is 0 Å². The summed E-state index contributed by atoms with van der Waals surface area (Å²) in [6, 6.07) is 6.75. The lowest BCUT2D eigenvalue weighted by Crippen LogP contribution is -2.02. The molecule has 0 saturated carbocycles. The highest BCUT2D eigenvalue weighted by atomic mass is 79.9. The fourth-order valence-electron chi connectivity index (χ4n) is 1.71. The molecule has 0 fully saturated rings. The van der Waals surface area contributed by atoms with Crippen molar-refractivity contribution in [2.45, 2.75) is 13.5 Å². The zero-order chi connectivity index (χ0) is 13.8. The van der Waals surface area contributed by atoms with E-state index in [0.717, 1.165) is 21.3 Å². The second-order valence-electron chi connectivity index (χ2n) is 4.12. The Balaban J connectivity index is 2.10. The standard InChI is InChI=1S/C13H12BrN3O2/c1-9-4-12(17(18)19)2-3-13(9)16-7-10-5-11(14)8-15-6-10/h2-6,8,16H,7H2,1H3. The molecule has 19 heavy (non-hydrogen) atoms. The molecule has 0 amide bonds. The maximum absolute atomic E-state index is 10.7. The Kier molecular flexibility index (Phi) is 4.11. The molecule has 0 unspecified atom stereocenters. The van der Waals surface area contributed by atoms with Crippen LogP contribution in [0.5, 0.6) is 0 Å². The highest BCUT2D eigenvalue weighted by molar-refractivity contribution is 9.10. The minimum Gasteiger partial charge on any atom is -0.381 e. The maximum Gasteiger partial charge on any atom is 0.269 e. The molecule has 1 aromatic heterocycles. The van der Waals surface area contributed by atoms with Gasteiger partial charge in [-0.25, -0.2) is 0 Å². The molecule has 0 aliphatic carbocycles. The van der Waals surface area contributed by atoms with Crippen LogP contribution < -0.4 is 5.32 Å². The third-order valence-electron chi connectivity index (χ3n) is 2.67. The van der Waals surface area contributed by atoms with Crippen molar-refractivity contribution in [1.82, 2.24) is 4.98 Å². The Morgan fingerprint density at radius 2 is 2.16 bits per heavy atom. The zero-order valence-corrected chi connectivity index (χ0v) is 11.8. The average molecular weight is 322 g/mol. The van der Waals surface area contributed by atoms with Crippen LogP contribution in [0.1, 0.15) is 11.1 Å². The quantitative estimate of drug-likeness (QED) is 0.689. The van der Waals surface area contributed by atoms with Crippen LogP contribution in [-0.4, -0.2) is 9.91 Å². The van der Waals surface area contributed by atoms with Gasteiger partial charge < -0.3 is 5.32 Å². The van der Waals surface area contributed by atoms with Gasteiger partial charge in [-0.1, -0.05) is 0 Å². The Morgan fingerprint density at radius 3 is 2.79 bits per heavy atom. The van der Waals surface area contributed by atoms with Crippen molar-refractivity contribution in [3.63, 3.8) is 0 Å². The topological polar surface area (TPSA) is 68.1 Å². The first-order chi connectivity index (χ1) is 9.06. The largest absolute Gasteiger partial charge is 0.381 e. The summed E-state index contributed by atoms with van der Waals surface area (Å²) in [5.74, 6) is 0. The molecular formula is C13H12BrN3O2. The fraction of sp³-hybridized carbons (Fsp3) is 0.154. The minimum absolute atomic E-state index is 0.104. The smallest absolute Gasteiger partial charge is 0.269 e. The van der Waals surface area contributed by atoms with Gasteiger partial charge in [-0.2, -0.15) is 0 Å². The van der Waals surface area contributed by atoms with Gasteiger partial charge in [-0.05, 0) is 46.1 Å². The Hall–Kier alpha value is -1.95. The molecule has 0 radical (unpaired) electrons. The fourth-order valence-corrected chi connectivity index (χ4v) is 2.12. The van der Waals surface area contributed by atoms with Crippen LogP contribution in [0.3, 0.4) is 0 Å². The van der Waals surface area contributed by atoms with Gasteiger partial charge >= 0.3 is 0 Å². The highest BCUT2D eigenvalue weighted by Gasteiger charge is 2.07. The molecule has 0 atom stereocenters. The first kappa shape index (κ1) is 13.5. The Morgan fingerprint density at radius 1 is 1.37 bits per heavy atom. The number of rotatable bonds is 4. The number of nitro groups is 1. The molecule has 2 rings (SSSR count).